The predicted molar refractivity (Wildman–Crippen MR) is 120 cm³/mol. The van der Waals surface area contributed by atoms with Crippen LogP contribution in [0.3, 0.4) is 0 Å². The highest BCUT2D eigenvalue weighted by atomic mass is 31.2. The van der Waals surface area contributed by atoms with Crippen LogP contribution in [0.15, 0.2) is 36.4 Å². The lowest BCUT2D eigenvalue weighted by Gasteiger charge is -2.26. The quantitative estimate of drug-likeness (QED) is 0.562. The van der Waals surface area contributed by atoms with Crippen molar-refractivity contribution < 1.29 is 28.4 Å². The second-order valence-corrected chi connectivity index (χ2v) is 9.99. The Morgan fingerprint density at radius 2 is 1.50 bits per heavy atom. The van der Waals surface area contributed by atoms with Gasteiger partial charge in [-0.1, -0.05) is 13.8 Å². The summed E-state index contributed by atoms with van der Waals surface area (Å²) in [4.78, 5) is 1.94. The zero-order valence-corrected chi connectivity index (χ0v) is 19.6. The van der Waals surface area contributed by atoms with E-state index in [0.717, 1.165) is 5.69 Å². The summed E-state index contributed by atoms with van der Waals surface area (Å²) in [6.45, 7) is 4.17. The van der Waals surface area contributed by atoms with Gasteiger partial charge >= 0.3 is 0 Å². The summed E-state index contributed by atoms with van der Waals surface area (Å²) in [5.74, 6) is -0.139. The Labute approximate surface area is 179 Å². The molecular formula is C22H32NO6P. The summed E-state index contributed by atoms with van der Waals surface area (Å²) in [5, 5.41) is 11.7. The van der Waals surface area contributed by atoms with Crippen LogP contribution in [0.25, 0.3) is 0 Å². The normalized spacial score (nSPS) is 14.2. The molecule has 0 unspecified atom stereocenters. The molecule has 0 aliphatic rings. The third kappa shape index (κ3) is 5.09. The zero-order chi connectivity index (χ0) is 22.5. The fraction of sp³-hybridized carbons (Fsp3) is 0.455. The fourth-order valence-electron chi connectivity index (χ4n) is 2.95. The summed E-state index contributed by atoms with van der Waals surface area (Å²) in [6, 6.07) is 10.3. The van der Waals surface area contributed by atoms with Gasteiger partial charge in [-0.15, -0.1) is 0 Å². The summed E-state index contributed by atoms with van der Waals surface area (Å²) >= 11 is 0. The first-order chi connectivity index (χ1) is 14.2. The van der Waals surface area contributed by atoms with Gasteiger partial charge in [0, 0.05) is 25.1 Å². The number of benzene rings is 2. The van der Waals surface area contributed by atoms with Crippen molar-refractivity contribution in [2.24, 2.45) is 5.92 Å². The van der Waals surface area contributed by atoms with Gasteiger partial charge in [0.1, 0.15) is 0 Å². The number of hydrogen-bond acceptors (Lipinski definition) is 7. The molecule has 2 atom stereocenters. The molecule has 8 heteroatoms. The second-order valence-electron chi connectivity index (χ2n) is 7.53. The van der Waals surface area contributed by atoms with E-state index in [4.69, 9.17) is 18.7 Å². The average Bonchev–Trinajstić information content (AvgIpc) is 2.75. The van der Waals surface area contributed by atoms with Crippen molar-refractivity contribution in [3.63, 3.8) is 0 Å². The van der Waals surface area contributed by atoms with Crippen molar-refractivity contribution >= 4 is 18.4 Å². The first-order valence-electron chi connectivity index (χ1n) is 9.68. The van der Waals surface area contributed by atoms with Crippen LogP contribution >= 0.6 is 7.37 Å². The van der Waals surface area contributed by atoms with Crippen molar-refractivity contribution in [2.45, 2.75) is 19.7 Å². The van der Waals surface area contributed by atoms with Crippen LogP contribution in [0.2, 0.25) is 0 Å². The van der Waals surface area contributed by atoms with E-state index in [1.165, 1.54) is 21.3 Å². The van der Waals surface area contributed by atoms with E-state index in [1.54, 1.807) is 24.3 Å². The van der Waals surface area contributed by atoms with Gasteiger partial charge in [0.05, 0.1) is 27.9 Å². The molecule has 0 saturated heterocycles. The van der Waals surface area contributed by atoms with Crippen LogP contribution in [-0.4, -0.2) is 47.1 Å². The molecule has 0 aliphatic heterocycles. The fourth-order valence-corrected chi connectivity index (χ4v) is 5.15. The molecule has 0 fully saturated rings. The molecule has 7 nitrogen and oxygen atoms in total. The Kier molecular flexibility index (Phi) is 8.18. The number of nitrogens with zero attached hydrogens (tertiary/aromatic N) is 1. The van der Waals surface area contributed by atoms with Gasteiger partial charge in [-0.2, -0.15) is 0 Å². The Morgan fingerprint density at radius 3 is 1.90 bits per heavy atom. The molecule has 30 heavy (non-hydrogen) atoms. The van der Waals surface area contributed by atoms with E-state index in [9.17, 15) is 9.67 Å². The van der Waals surface area contributed by atoms with Crippen molar-refractivity contribution in [3.8, 4) is 17.2 Å². The van der Waals surface area contributed by atoms with Crippen LogP contribution < -0.4 is 24.4 Å². The van der Waals surface area contributed by atoms with E-state index in [0.29, 0.717) is 28.1 Å². The van der Waals surface area contributed by atoms with E-state index in [-0.39, 0.29) is 12.5 Å². The molecular weight excluding hydrogens is 405 g/mol. The van der Waals surface area contributed by atoms with E-state index in [2.05, 4.69) is 0 Å². The lowest BCUT2D eigenvalue weighted by Crippen LogP contribution is -2.17. The number of methoxy groups -OCH3 is 3. The SMILES string of the molecule is COc1cc([C@@H](O)[P@](=O)(OCC(C)C)c2ccc(N(C)C)cc2)cc(OC)c1OC. The van der Waals surface area contributed by atoms with Crippen LogP contribution in [0.5, 0.6) is 17.2 Å². The van der Waals surface area contributed by atoms with Crippen LogP contribution in [0.1, 0.15) is 25.3 Å². The van der Waals surface area contributed by atoms with E-state index < -0.39 is 13.2 Å². The standard InChI is InChI=1S/C22H32NO6P/c1-15(2)14-29-30(25,18-10-8-17(9-11-18)23(3)4)22(24)16-12-19(26-5)21(28-7)20(13-16)27-6/h8-13,15,22,24H,14H2,1-7H3/t22-,30+/m0/s1. The number of rotatable bonds is 10. The molecule has 0 saturated carbocycles. The molecule has 0 aromatic heterocycles. The number of hydrogen-bond donors (Lipinski definition) is 1. The molecule has 0 radical (unpaired) electrons. The highest BCUT2D eigenvalue weighted by Crippen LogP contribution is 2.59. The molecule has 2 rings (SSSR count). The smallest absolute Gasteiger partial charge is 0.264 e. The minimum absolute atomic E-state index is 0.145. The van der Waals surface area contributed by atoms with Crippen molar-refractivity contribution in [1.82, 2.24) is 0 Å². The summed E-state index contributed by atoms with van der Waals surface area (Å²) < 4.78 is 36.0. The van der Waals surface area contributed by atoms with Crippen LogP contribution in [0.4, 0.5) is 5.69 Å². The third-order valence-electron chi connectivity index (χ3n) is 4.63. The minimum Gasteiger partial charge on any atom is -0.493 e. The molecule has 0 amide bonds. The second kappa shape index (κ2) is 10.2. The first-order valence-corrected chi connectivity index (χ1v) is 11.4. The molecule has 0 heterocycles. The highest BCUT2D eigenvalue weighted by molar-refractivity contribution is 7.67. The number of anilines is 1. The lowest BCUT2D eigenvalue weighted by molar-refractivity contribution is 0.202. The van der Waals surface area contributed by atoms with E-state index >= 15 is 0 Å². The lowest BCUT2D eigenvalue weighted by atomic mass is 10.2. The maximum Gasteiger partial charge on any atom is 0.264 e. The first kappa shape index (κ1) is 24.1. The molecule has 166 valence electrons. The van der Waals surface area contributed by atoms with Gasteiger partial charge in [0.2, 0.25) is 5.75 Å². The topological polar surface area (TPSA) is 77.5 Å². The van der Waals surface area contributed by atoms with Crippen molar-refractivity contribution in [1.29, 1.82) is 0 Å². The zero-order valence-electron chi connectivity index (χ0n) is 18.7. The average molecular weight is 437 g/mol. The monoisotopic (exact) mass is 437 g/mol. The molecule has 1 N–H and O–H groups in total. The molecule has 2 aromatic rings. The molecule has 0 aliphatic carbocycles. The van der Waals surface area contributed by atoms with E-state index in [1.807, 2.05) is 45.0 Å². The summed E-state index contributed by atoms with van der Waals surface area (Å²) in [5.41, 5.74) is 1.31. The Balaban J connectivity index is 2.57. The van der Waals surface area contributed by atoms with Crippen LogP contribution in [0, 0.1) is 5.92 Å². The third-order valence-corrected chi connectivity index (χ3v) is 7.13. The van der Waals surface area contributed by atoms with Gasteiger partial charge in [0.15, 0.2) is 17.3 Å². The Hall–Kier alpha value is -2.21. The van der Waals surface area contributed by atoms with Crippen molar-refractivity contribution in [2.75, 3.05) is 46.9 Å². The van der Waals surface area contributed by atoms with Gasteiger partial charge in [-0.3, -0.25) is 4.57 Å². The molecule has 2 aromatic carbocycles. The Morgan fingerprint density at radius 1 is 0.967 bits per heavy atom. The summed E-state index contributed by atoms with van der Waals surface area (Å²) in [7, 11) is 4.64. The van der Waals surface area contributed by atoms with Crippen molar-refractivity contribution in [3.05, 3.63) is 42.0 Å². The molecule has 0 bridgehead atoms. The predicted octanol–water partition coefficient (Wildman–Crippen LogP) is 4.05. The maximum atomic E-state index is 14.1. The van der Waals surface area contributed by atoms with Gasteiger partial charge in [0.25, 0.3) is 7.37 Å². The van der Waals surface area contributed by atoms with Crippen LogP contribution in [-0.2, 0) is 9.09 Å². The largest absolute Gasteiger partial charge is 0.493 e. The minimum atomic E-state index is -3.69. The number of aliphatic hydroxyl groups is 1. The molecule has 0 spiro atoms. The summed E-state index contributed by atoms with van der Waals surface area (Å²) in [6.07, 6.45) is 0. The number of aliphatic hydroxyl groups excluding tert-OH is 1. The Bertz CT molecular complexity index is 857. The number of ether oxygens (including phenoxy) is 3. The maximum absolute atomic E-state index is 14.1. The van der Waals surface area contributed by atoms with Gasteiger partial charge in [-0.05, 0) is 47.9 Å². The van der Waals surface area contributed by atoms with Gasteiger partial charge in [-0.25, -0.2) is 0 Å². The highest BCUT2D eigenvalue weighted by Gasteiger charge is 2.37. The van der Waals surface area contributed by atoms with Gasteiger partial charge < -0.3 is 28.7 Å².